The van der Waals surface area contributed by atoms with Crippen LogP contribution in [0.4, 0.5) is 5.82 Å². The molecule has 0 aromatic carbocycles. The fourth-order valence-electron chi connectivity index (χ4n) is 2.78. The van der Waals surface area contributed by atoms with Crippen LogP contribution in [0.25, 0.3) is 0 Å². The Morgan fingerprint density at radius 3 is 2.80 bits per heavy atom. The van der Waals surface area contributed by atoms with Crippen LogP contribution in [0.15, 0.2) is 24.7 Å². The van der Waals surface area contributed by atoms with E-state index in [4.69, 9.17) is 0 Å². The molecule has 5 nitrogen and oxygen atoms in total. The van der Waals surface area contributed by atoms with Crippen molar-refractivity contribution in [3.05, 3.63) is 41.6 Å². The van der Waals surface area contributed by atoms with Crippen molar-refractivity contribution < 1.29 is 0 Å². The van der Waals surface area contributed by atoms with Gasteiger partial charge in [0.15, 0.2) is 0 Å². The van der Waals surface area contributed by atoms with E-state index in [9.17, 15) is 0 Å². The third kappa shape index (κ3) is 2.41. The molecule has 3 heterocycles. The van der Waals surface area contributed by atoms with E-state index in [0.717, 1.165) is 37.7 Å². The lowest BCUT2D eigenvalue weighted by Gasteiger charge is -2.30. The number of rotatable bonds is 3. The van der Waals surface area contributed by atoms with Crippen molar-refractivity contribution >= 4 is 5.82 Å². The first kappa shape index (κ1) is 13.1. The van der Waals surface area contributed by atoms with Crippen LogP contribution in [0.2, 0.25) is 0 Å². The number of aryl methyl sites for hydroxylation is 1. The summed E-state index contributed by atoms with van der Waals surface area (Å²) in [7, 11) is 6.16. The zero-order valence-corrected chi connectivity index (χ0v) is 12.4. The Balaban J connectivity index is 1.82. The van der Waals surface area contributed by atoms with E-state index in [0.29, 0.717) is 0 Å². The third-order valence-corrected chi connectivity index (χ3v) is 3.92. The highest BCUT2D eigenvalue weighted by molar-refractivity contribution is 5.50. The van der Waals surface area contributed by atoms with Gasteiger partial charge in [0.05, 0.1) is 6.54 Å². The van der Waals surface area contributed by atoms with Crippen molar-refractivity contribution in [3.63, 3.8) is 0 Å². The average molecular weight is 271 g/mol. The summed E-state index contributed by atoms with van der Waals surface area (Å²) in [6.07, 6.45) is 6.87. The summed E-state index contributed by atoms with van der Waals surface area (Å²) in [5, 5.41) is 0. The van der Waals surface area contributed by atoms with E-state index in [-0.39, 0.29) is 0 Å². The van der Waals surface area contributed by atoms with Crippen LogP contribution in [0.3, 0.4) is 0 Å². The average Bonchev–Trinajstić information content (AvgIpc) is 2.83. The maximum atomic E-state index is 4.52. The number of imidazole rings is 1. The Morgan fingerprint density at radius 2 is 2.10 bits per heavy atom. The van der Waals surface area contributed by atoms with Crippen LogP contribution in [-0.2, 0) is 26.6 Å². The molecule has 0 fully saturated rings. The van der Waals surface area contributed by atoms with Gasteiger partial charge in [0.25, 0.3) is 0 Å². The Labute approximate surface area is 119 Å². The summed E-state index contributed by atoms with van der Waals surface area (Å²) in [5.41, 5.74) is 2.79. The van der Waals surface area contributed by atoms with Crippen molar-refractivity contribution in [1.29, 1.82) is 0 Å². The first-order valence-electron chi connectivity index (χ1n) is 6.98. The van der Waals surface area contributed by atoms with Gasteiger partial charge in [-0.15, -0.1) is 0 Å². The topological polar surface area (TPSA) is 37.2 Å². The molecule has 0 saturated carbocycles. The number of hydrogen-bond donors (Lipinski definition) is 0. The molecule has 0 amide bonds. The van der Waals surface area contributed by atoms with Gasteiger partial charge >= 0.3 is 0 Å². The van der Waals surface area contributed by atoms with Crippen LogP contribution in [0.1, 0.15) is 17.0 Å². The highest BCUT2D eigenvalue weighted by atomic mass is 15.2. The molecule has 106 valence electrons. The van der Waals surface area contributed by atoms with E-state index >= 15 is 0 Å². The minimum Gasteiger partial charge on any atom is -0.362 e. The highest BCUT2D eigenvalue weighted by Crippen LogP contribution is 2.26. The van der Waals surface area contributed by atoms with E-state index in [1.165, 1.54) is 11.1 Å². The van der Waals surface area contributed by atoms with Crippen molar-refractivity contribution in [2.24, 2.45) is 7.05 Å². The SMILES string of the molecule is CN(C)c1nccc2c1CN(Cc1nccn1C)CC2. The lowest BCUT2D eigenvalue weighted by molar-refractivity contribution is 0.237. The molecule has 2 aromatic rings. The lowest BCUT2D eigenvalue weighted by atomic mass is 10.0. The Bertz CT molecular complexity index is 602. The van der Waals surface area contributed by atoms with E-state index in [2.05, 4.69) is 44.5 Å². The van der Waals surface area contributed by atoms with Crippen LogP contribution < -0.4 is 4.90 Å². The van der Waals surface area contributed by atoms with Gasteiger partial charge in [0.1, 0.15) is 11.6 Å². The number of fused-ring (bicyclic) bond motifs is 1. The molecule has 0 saturated heterocycles. The smallest absolute Gasteiger partial charge is 0.132 e. The van der Waals surface area contributed by atoms with Gasteiger partial charge < -0.3 is 9.47 Å². The van der Waals surface area contributed by atoms with Gasteiger partial charge in [-0.3, -0.25) is 4.90 Å². The van der Waals surface area contributed by atoms with Crippen LogP contribution in [0, 0.1) is 0 Å². The predicted octanol–water partition coefficient (Wildman–Crippen LogP) is 1.44. The molecule has 2 aromatic heterocycles. The maximum Gasteiger partial charge on any atom is 0.132 e. The molecule has 20 heavy (non-hydrogen) atoms. The Kier molecular flexibility index (Phi) is 3.44. The van der Waals surface area contributed by atoms with Crippen molar-refractivity contribution in [2.45, 2.75) is 19.5 Å². The van der Waals surface area contributed by atoms with Crippen LogP contribution >= 0.6 is 0 Å². The summed E-state index contributed by atoms with van der Waals surface area (Å²) in [4.78, 5) is 13.5. The summed E-state index contributed by atoms with van der Waals surface area (Å²) in [6.45, 7) is 2.92. The third-order valence-electron chi connectivity index (χ3n) is 3.92. The molecular formula is C15H21N5. The first-order valence-corrected chi connectivity index (χ1v) is 6.98. The number of hydrogen-bond acceptors (Lipinski definition) is 4. The Hall–Kier alpha value is -1.88. The molecule has 0 bridgehead atoms. The van der Waals surface area contributed by atoms with E-state index < -0.39 is 0 Å². The molecule has 0 aliphatic carbocycles. The summed E-state index contributed by atoms with van der Waals surface area (Å²) >= 11 is 0. The predicted molar refractivity (Wildman–Crippen MR) is 79.6 cm³/mol. The highest BCUT2D eigenvalue weighted by Gasteiger charge is 2.21. The molecule has 0 unspecified atom stereocenters. The standard InChI is InChI=1S/C15H21N5/c1-18(2)15-13-10-20(8-5-12(13)4-6-17-15)11-14-16-7-9-19(14)3/h4,6-7,9H,5,8,10-11H2,1-3H3. The molecule has 1 aliphatic rings. The molecule has 0 spiro atoms. The van der Waals surface area contributed by atoms with E-state index in [1.54, 1.807) is 0 Å². The quantitative estimate of drug-likeness (QED) is 0.846. The van der Waals surface area contributed by atoms with E-state index in [1.807, 2.05) is 25.6 Å². The molecule has 3 rings (SSSR count). The lowest BCUT2D eigenvalue weighted by Crippen LogP contribution is -2.32. The minimum atomic E-state index is 0.894. The van der Waals surface area contributed by atoms with Gasteiger partial charge in [-0.1, -0.05) is 0 Å². The fraction of sp³-hybridized carbons (Fsp3) is 0.467. The number of aromatic nitrogens is 3. The maximum absolute atomic E-state index is 4.52. The molecule has 5 heteroatoms. The normalized spacial score (nSPS) is 15.2. The van der Waals surface area contributed by atoms with Crippen LogP contribution in [-0.4, -0.2) is 40.1 Å². The fourth-order valence-corrected chi connectivity index (χ4v) is 2.78. The molecular weight excluding hydrogens is 250 g/mol. The van der Waals surface area contributed by atoms with Crippen molar-refractivity contribution in [3.8, 4) is 0 Å². The monoisotopic (exact) mass is 271 g/mol. The van der Waals surface area contributed by atoms with Gasteiger partial charge in [0, 0.05) is 58.4 Å². The zero-order valence-electron chi connectivity index (χ0n) is 12.4. The number of nitrogens with zero attached hydrogens (tertiary/aromatic N) is 5. The second-order valence-corrected chi connectivity index (χ2v) is 5.58. The summed E-state index contributed by atoms with van der Waals surface area (Å²) in [6, 6.07) is 2.15. The van der Waals surface area contributed by atoms with Crippen LogP contribution in [0.5, 0.6) is 0 Å². The summed E-state index contributed by atoms with van der Waals surface area (Å²) in [5.74, 6) is 2.20. The molecule has 0 radical (unpaired) electrons. The van der Waals surface area contributed by atoms with Crippen molar-refractivity contribution in [2.75, 3.05) is 25.5 Å². The first-order chi connectivity index (χ1) is 9.65. The zero-order chi connectivity index (χ0) is 14.1. The minimum absolute atomic E-state index is 0.894. The molecule has 0 atom stereocenters. The molecule has 1 aliphatic heterocycles. The summed E-state index contributed by atoms with van der Waals surface area (Å²) < 4.78 is 2.09. The van der Waals surface area contributed by atoms with Gasteiger partial charge in [-0.2, -0.15) is 0 Å². The number of pyridine rings is 1. The number of anilines is 1. The van der Waals surface area contributed by atoms with Crippen molar-refractivity contribution in [1.82, 2.24) is 19.4 Å². The van der Waals surface area contributed by atoms with Gasteiger partial charge in [0.2, 0.25) is 0 Å². The second-order valence-electron chi connectivity index (χ2n) is 5.58. The van der Waals surface area contributed by atoms with Gasteiger partial charge in [-0.25, -0.2) is 9.97 Å². The Morgan fingerprint density at radius 1 is 1.25 bits per heavy atom. The van der Waals surface area contributed by atoms with Gasteiger partial charge in [-0.05, 0) is 18.1 Å². The molecule has 0 N–H and O–H groups in total. The largest absolute Gasteiger partial charge is 0.362 e. The second kappa shape index (κ2) is 5.25.